The summed E-state index contributed by atoms with van der Waals surface area (Å²) in [5, 5.41) is 12.9. The van der Waals surface area contributed by atoms with Crippen molar-refractivity contribution in [1.82, 2.24) is 15.0 Å². The van der Waals surface area contributed by atoms with Crippen LogP contribution in [-0.4, -0.2) is 32.6 Å². The van der Waals surface area contributed by atoms with Crippen molar-refractivity contribution < 1.29 is 19.0 Å². The van der Waals surface area contributed by atoms with E-state index in [-0.39, 0.29) is 18.4 Å². The van der Waals surface area contributed by atoms with Gasteiger partial charge >= 0.3 is 12.0 Å². The molecule has 0 amide bonds. The minimum atomic E-state index is -1.03. The molecule has 0 aliphatic carbocycles. The highest BCUT2D eigenvalue weighted by Gasteiger charge is 2.28. The van der Waals surface area contributed by atoms with E-state index in [9.17, 15) is 9.18 Å². The Morgan fingerprint density at radius 1 is 1.13 bits per heavy atom. The van der Waals surface area contributed by atoms with Gasteiger partial charge in [0.15, 0.2) is 5.13 Å². The second-order valence-electron chi connectivity index (χ2n) is 7.54. The van der Waals surface area contributed by atoms with Gasteiger partial charge in [-0.1, -0.05) is 29.5 Å². The molecule has 0 aliphatic rings. The summed E-state index contributed by atoms with van der Waals surface area (Å²) in [5.41, 5.74) is 1.84. The Labute approximate surface area is 181 Å². The number of carbonyl (C=O) groups is 1. The molecule has 2 heterocycles. The fourth-order valence-electron chi connectivity index (χ4n) is 2.68. The third-order valence-electron chi connectivity index (χ3n) is 4.61. The number of carboxylic acid groups (broad SMARTS) is 1. The van der Waals surface area contributed by atoms with Crippen LogP contribution in [0.1, 0.15) is 13.8 Å². The lowest BCUT2D eigenvalue weighted by Crippen LogP contribution is -2.31. The monoisotopic (exact) mass is 438 g/mol. The Bertz CT molecular complexity index is 1220. The molecule has 2 aromatic carbocycles. The van der Waals surface area contributed by atoms with E-state index in [2.05, 4.69) is 20.3 Å². The fourth-order valence-corrected chi connectivity index (χ4v) is 3.58. The first kappa shape index (κ1) is 20.7. The van der Waals surface area contributed by atoms with E-state index in [1.54, 1.807) is 32.3 Å². The van der Waals surface area contributed by atoms with Crippen LogP contribution in [0, 0.1) is 11.2 Å². The zero-order valence-electron chi connectivity index (χ0n) is 16.8. The van der Waals surface area contributed by atoms with Crippen molar-refractivity contribution in [2.45, 2.75) is 13.8 Å². The molecular weight excluding hydrogens is 419 g/mol. The number of halogens is 1. The van der Waals surface area contributed by atoms with Crippen LogP contribution in [0.2, 0.25) is 0 Å². The summed E-state index contributed by atoms with van der Waals surface area (Å²) in [6.07, 6.45) is 3.24. The topological polar surface area (TPSA) is 97.2 Å². The van der Waals surface area contributed by atoms with E-state index in [1.165, 1.54) is 17.4 Å². The van der Waals surface area contributed by atoms with Crippen molar-refractivity contribution in [2.24, 2.45) is 5.41 Å². The van der Waals surface area contributed by atoms with Crippen molar-refractivity contribution in [3.8, 4) is 17.1 Å². The molecule has 0 saturated heterocycles. The first-order chi connectivity index (χ1) is 14.8. The van der Waals surface area contributed by atoms with Gasteiger partial charge in [0.1, 0.15) is 17.9 Å². The third-order valence-corrected chi connectivity index (χ3v) is 5.54. The number of aliphatic carboxylic acids is 1. The molecule has 0 unspecified atom stereocenters. The van der Waals surface area contributed by atoms with Crippen LogP contribution in [-0.2, 0) is 4.79 Å². The Morgan fingerprint density at radius 3 is 2.48 bits per heavy atom. The summed E-state index contributed by atoms with van der Waals surface area (Å²) in [6, 6.07) is 12.6. The van der Waals surface area contributed by atoms with Crippen molar-refractivity contribution in [1.29, 1.82) is 0 Å². The summed E-state index contributed by atoms with van der Waals surface area (Å²) in [4.78, 5) is 23.8. The quantitative estimate of drug-likeness (QED) is 0.413. The van der Waals surface area contributed by atoms with Crippen LogP contribution in [0.5, 0.6) is 6.01 Å². The zero-order valence-corrected chi connectivity index (χ0v) is 17.6. The number of nitrogens with one attached hydrogen (secondary N) is 1. The minimum absolute atomic E-state index is 0.0300. The molecule has 4 aromatic rings. The van der Waals surface area contributed by atoms with E-state index in [4.69, 9.17) is 9.84 Å². The standard InChI is InChI=1S/C22H19FN4O3S/c1-22(2,19(28)29)12-30-20-24-10-14(11-25-20)13-6-8-15(9-7-13)26-21-27-18-16(23)4-3-5-17(18)31-21/h3-11H,12H2,1-2H3,(H,26,27)(H,28,29). The van der Waals surface area contributed by atoms with Crippen molar-refractivity contribution in [2.75, 3.05) is 11.9 Å². The van der Waals surface area contributed by atoms with Crippen LogP contribution < -0.4 is 10.1 Å². The number of hydrogen-bond donors (Lipinski definition) is 2. The molecule has 0 spiro atoms. The number of carboxylic acids is 1. The Hall–Kier alpha value is -3.59. The van der Waals surface area contributed by atoms with E-state index < -0.39 is 11.4 Å². The smallest absolute Gasteiger partial charge is 0.316 e. The molecule has 9 heteroatoms. The maximum absolute atomic E-state index is 13.8. The summed E-state index contributed by atoms with van der Waals surface area (Å²) >= 11 is 1.38. The first-order valence-corrected chi connectivity index (χ1v) is 10.2. The molecule has 0 bridgehead atoms. The predicted molar refractivity (Wildman–Crippen MR) is 117 cm³/mol. The lowest BCUT2D eigenvalue weighted by molar-refractivity contribution is -0.148. The Balaban J connectivity index is 1.42. The molecule has 7 nitrogen and oxygen atoms in total. The van der Waals surface area contributed by atoms with Gasteiger partial charge in [0.2, 0.25) is 0 Å². The maximum atomic E-state index is 13.8. The zero-order chi connectivity index (χ0) is 22.0. The van der Waals surface area contributed by atoms with Gasteiger partial charge in [-0.3, -0.25) is 4.79 Å². The first-order valence-electron chi connectivity index (χ1n) is 9.42. The van der Waals surface area contributed by atoms with E-state index >= 15 is 0 Å². The lowest BCUT2D eigenvalue weighted by atomic mass is 9.95. The molecule has 0 radical (unpaired) electrons. The van der Waals surface area contributed by atoms with Crippen LogP contribution >= 0.6 is 11.3 Å². The van der Waals surface area contributed by atoms with Gasteiger partial charge in [-0.25, -0.2) is 19.3 Å². The van der Waals surface area contributed by atoms with E-state index in [1.807, 2.05) is 30.3 Å². The van der Waals surface area contributed by atoms with Gasteiger partial charge in [0, 0.05) is 23.6 Å². The number of anilines is 2. The number of para-hydroxylation sites is 1. The number of rotatable bonds is 7. The van der Waals surface area contributed by atoms with Gasteiger partial charge < -0.3 is 15.2 Å². The maximum Gasteiger partial charge on any atom is 0.316 e. The summed E-state index contributed by atoms with van der Waals surface area (Å²) in [5.74, 6) is -1.29. The Morgan fingerprint density at radius 2 is 1.84 bits per heavy atom. The number of aromatic nitrogens is 3. The van der Waals surface area contributed by atoms with Gasteiger partial charge in [0.25, 0.3) is 0 Å². The molecular formula is C22H19FN4O3S. The minimum Gasteiger partial charge on any atom is -0.481 e. The Kier molecular flexibility index (Phi) is 5.51. The number of nitrogens with zero attached hydrogens (tertiary/aromatic N) is 3. The number of fused-ring (bicyclic) bond motifs is 1. The predicted octanol–water partition coefficient (Wildman–Crippen LogP) is 5.13. The molecule has 0 fully saturated rings. The van der Waals surface area contributed by atoms with Crippen LogP contribution in [0.25, 0.3) is 21.3 Å². The molecule has 0 atom stereocenters. The molecule has 4 rings (SSSR count). The number of benzene rings is 2. The van der Waals surface area contributed by atoms with E-state index in [0.29, 0.717) is 10.6 Å². The van der Waals surface area contributed by atoms with Gasteiger partial charge in [-0.15, -0.1) is 0 Å². The van der Waals surface area contributed by atoms with Gasteiger partial charge in [-0.05, 0) is 43.7 Å². The molecule has 0 saturated carbocycles. The summed E-state index contributed by atoms with van der Waals surface area (Å²) in [6.45, 7) is 3.12. The second kappa shape index (κ2) is 8.27. The third kappa shape index (κ3) is 4.61. The number of hydrogen-bond acceptors (Lipinski definition) is 7. The average Bonchev–Trinajstić information content (AvgIpc) is 3.17. The normalized spacial score (nSPS) is 11.5. The highest BCUT2D eigenvalue weighted by Crippen LogP contribution is 2.30. The van der Waals surface area contributed by atoms with Crippen molar-refractivity contribution >= 4 is 38.3 Å². The summed E-state index contributed by atoms with van der Waals surface area (Å²) < 4.78 is 20.0. The van der Waals surface area contributed by atoms with Gasteiger partial charge in [-0.2, -0.15) is 0 Å². The SMILES string of the molecule is CC(C)(COc1ncc(-c2ccc(Nc3nc4c(F)cccc4s3)cc2)cn1)C(=O)O. The molecule has 2 aromatic heterocycles. The average molecular weight is 438 g/mol. The van der Waals surface area contributed by atoms with Crippen LogP contribution in [0.4, 0.5) is 15.2 Å². The lowest BCUT2D eigenvalue weighted by Gasteiger charge is -2.18. The van der Waals surface area contributed by atoms with Crippen molar-refractivity contribution in [3.63, 3.8) is 0 Å². The number of ether oxygens (including phenoxy) is 1. The second-order valence-corrected chi connectivity index (χ2v) is 8.57. The van der Waals surface area contributed by atoms with E-state index in [0.717, 1.165) is 21.5 Å². The summed E-state index contributed by atoms with van der Waals surface area (Å²) in [7, 11) is 0. The number of thiazole rings is 1. The van der Waals surface area contributed by atoms with Crippen LogP contribution in [0.15, 0.2) is 54.9 Å². The highest BCUT2D eigenvalue weighted by atomic mass is 32.1. The van der Waals surface area contributed by atoms with Gasteiger partial charge in [0.05, 0.1) is 10.1 Å². The van der Waals surface area contributed by atoms with Crippen LogP contribution in [0.3, 0.4) is 0 Å². The van der Waals surface area contributed by atoms with Crippen molar-refractivity contribution in [3.05, 3.63) is 60.7 Å². The molecule has 31 heavy (non-hydrogen) atoms. The largest absolute Gasteiger partial charge is 0.481 e. The highest BCUT2D eigenvalue weighted by molar-refractivity contribution is 7.22. The molecule has 158 valence electrons. The molecule has 2 N–H and O–H groups in total. The molecule has 0 aliphatic heterocycles. The fraction of sp³-hybridized carbons (Fsp3) is 0.182.